The third kappa shape index (κ3) is 2.93. The fraction of sp³-hybridized carbons (Fsp3) is 0.471. The summed E-state index contributed by atoms with van der Waals surface area (Å²) in [6, 6.07) is 9.45. The number of hydrogen-bond acceptors (Lipinski definition) is 2. The summed E-state index contributed by atoms with van der Waals surface area (Å²) in [6.07, 6.45) is 6.99. The van der Waals surface area contributed by atoms with E-state index in [0.717, 1.165) is 25.4 Å². The van der Waals surface area contributed by atoms with Gasteiger partial charge in [-0.25, -0.2) is 0 Å². The minimum atomic E-state index is 0.743. The van der Waals surface area contributed by atoms with Crippen LogP contribution < -0.4 is 5.32 Å². The van der Waals surface area contributed by atoms with Crippen molar-refractivity contribution in [2.24, 2.45) is 7.05 Å². The summed E-state index contributed by atoms with van der Waals surface area (Å²) in [5.74, 6) is 0. The molecule has 20 heavy (non-hydrogen) atoms. The van der Waals surface area contributed by atoms with Crippen LogP contribution in [0.1, 0.15) is 37.4 Å². The Labute approximate surface area is 121 Å². The predicted octanol–water partition coefficient (Wildman–Crippen LogP) is 3.29. The van der Waals surface area contributed by atoms with E-state index in [1.54, 1.807) is 0 Å². The molecule has 0 aliphatic heterocycles. The monoisotopic (exact) mass is 269 g/mol. The van der Waals surface area contributed by atoms with Gasteiger partial charge in [-0.2, -0.15) is 5.10 Å². The highest BCUT2D eigenvalue weighted by Crippen LogP contribution is 2.28. The smallest absolute Gasteiger partial charge is 0.0702 e. The second-order valence-corrected chi connectivity index (χ2v) is 5.73. The standard InChI is InChI=1S/C17H23N3/c1-3-6-17-16(12-20(2)19-17)15-8-5-4-7-13(15)11-18-14-9-10-14/h4-5,7-8,12,14,18H,3,6,9-11H2,1-2H3. The van der Waals surface area contributed by atoms with E-state index in [0.29, 0.717) is 0 Å². The normalized spacial score (nSPS) is 14.7. The molecule has 1 aromatic carbocycles. The minimum absolute atomic E-state index is 0.743. The lowest BCUT2D eigenvalue weighted by Gasteiger charge is -2.10. The van der Waals surface area contributed by atoms with E-state index in [2.05, 4.69) is 47.8 Å². The Bertz CT molecular complexity index is 582. The maximum atomic E-state index is 4.62. The van der Waals surface area contributed by atoms with Crippen molar-refractivity contribution < 1.29 is 0 Å². The van der Waals surface area contributed by atoms with Crippen LogP contribution in [-0.4, -0.2) is 15.8 Å². The molecule has 3 heteroatoms. The number of nitrogens with one attached hydrogen (secondary N) is 1. The van der Waals surface area contributed by atoms with E-state index in [1.165, 1.54) is 35.2 Å². The quantitative estimate of drug-likeness (QED) is 0.872. The first kappa shape index (κ1) is 13.4. The maximum absolute atomic E-state index is 4.62. The Morgan fingerprint density at radius 1 is 1.25 bits per heavy atom. The zero-order chi connectivity index (χ0) is 13.9. The van der Waals surface area contributed by atoms with E-state index in [1.807, 2.05) is 11.7 Å². The average molecular weight is 269 g/mol. The number of hydrogen-bond donors (Lipinski definition) is 1. The third-order valence-corrected chi connectivity index (χ3v) is 3.86. The Balaban J connectivity index is 1.91. The van der Waals surface area contributed by atoms with Gasteiger partial charge in [0, 0.05) is 31.4 Å². The molecule has 0 atom stereocenters. The minimum Gasteiger partial charge on any atom is -0.310 e. The molecule has 1 fully saturated rings. The summed E-state index contributed by atoms with van der Waals surface area (Å²) < 4.78 is 1.94. The van der Waals surface area contributed by atoms with Crippen LogP contribution in [0.4, 0.5) is 0 Å². The summed E-state index contributed by atoms with van der Waals surface area (Å²) in [7, 11) is 2.01. The van der Waals surface area contributed by atoms with Gasteiger partial charge >= 0.3 is 0 Å². The van der Waals surface area contributed by atoms with E-state index in [4.69, 9.17) is 0 Å². The lowest BCUT2D eigenvalue weighted by molar-refractivity contribution is 0.688. The Hall–Kier alpha value is -1.61. The van der Waals surface area contributed by atoms with Crippen LogP contribution in [0.2, 0.25) is 0 Å². The van der Waals surface area contributed by atoms with Crippen molar-refractivity contribution in [3.63, 3.8) is 0 Å². The molecule has 1 aliphatic carbocycles. The van der Waals surface area contributed by atoms with Crippen LogP contribution in [0.15, 0.2) is 30.5 Å². The zero-order valence-electron chi connectivity index (χ0n) is 12.4. The zero-order valence-corrected chi connectivity index (χ0v) is 12.4. The first-order valence-corrected chi connectivity index (χ1v) is 7.62. The Morgan fingerprint density at radius 3 is 2.80 bits per heavy atom. The fourth-order valence-electron chi connectivity index (χ4n) is 2.66. The van der Waals surface area contributed by atoms with Crippen molar-refractivity contribution in [2.75, 3.05) is 0 Å². The van der Waals surface area contributed by atoms with Gasteiger partial charge in [0.2, 0.25) is 0 Å². The van der Waals surface area contributed by atoms with Crippen molar-refractivity contribution in [3.05, 3.63) is 41.7 Å². The molecule has 2 aromatic rings. The Kier molecular flexibility index (Phi) is 3.88. The van der Waals surface area contributed by atoms with Crippen LogP contribution in [-0.2, 0) is 20.0 Å². The van der Waals surface area contributed by atoms with Crippen LogP contribution in [0.3, 0.4) is 0 Å². The second-order valence-electron chi connectivity index (χ2n) is 5.73. The van der Waals surface area contributed by atoms with Crippen LogP contribution in [0.25, 0.3) is 11.1 Å². The molecular formula is C17H23N3. The van der Waals surface area contributed by atoms with Gasteiger partial charge in [0.15, 0.2) is 0 Å². The van der Waals surface area contributed by atoms with Gasteiger partial charge in [-0.1, -0.05) is 37.6 Å². The summed E-state index contributed by atoms with van der Waals surface area (Å²) in [4.78, 5) is 0. The molecule has 0 unspecified atom stereocenters. The number of nitrogens with zero attached hydrogens (tertiary/aromatic N) is 2. The Morgan fingerprint density at radius 2 is 2.05 bits per heavy atom. The lowest BCUT2D eigenvalue weighted by atomic mass is 9.98. The molecule has 3 nitrogen and oxygen atoms in total. The number of benzene rings is 1. The second kappa shape index (κ2) is 5.80. The summed E-state index contributed by atoms with van der Waals surface area (Å²) in [5, 5.41) is 8.24. The van der Waals surface area contributed by atoms with Crippen LogP contribution in [0.5, 0.6) is 0 Å². The summed E-state index contributed by atoms with van der Waals surface area (Å²) in [6.45, 7) is 3.17. The molecule has 106 valence electrons. The highest BCUT2D eigenvalue weighted by atomic mass is 15.2. The van der Waals surface area contributed by atoms with Gasteiger partial charge in [-0.15, -0.1) is 0 Å². The molecule has 1 aromatic heterocycles. The van der Waals surface area contributed by atoms with E-state index in [9.17, 15) is 0 Å². The van der Waals surface area contributed by atoms with E-state index < -0.39 is 0 Å². The lowest BCUT2D eigenvalue weighted by Crippen LogP contribution is -2.15. The van der Waals surface area contributed by atoms with Crippen molar-refractivity contribution in [3.8, 4) is 11.1 Å². The van der Waals surface area contributed by atoms with Crippen molar-refractivity contribution in [1.29, 1.82) is 0 Å². The van der Waals surface area contributed by atoms with Gasteiger partial charge in [-0.05, 0) is 30.4 Å². The summed E-state index contributed by atoms with van der Waals surface area (Å²) >= 11 is 0. The number of rotatable bonds is 6. The number of aryl methyl sites for hydroxylation is 2. The molecule has 0 saturated heterocycles. The number of aromatic nitrogens is 2. The van der Waals surface area contributed by atoms with E-state index in [-0.39, 0.29) is 0 Å². The molecule has 1 saturated carbocycles. The average Bonchev–Trinajstić information content (AvgIpc) is 3.21. The highest BCUT2D eigenvalue weighted by Gasteiger charge is 2.21. The van der Waals surface area contributed by atoms with Gasteiger partial charge in [0.1, 0.15) is 0 Å². The largest absolute Gasteiger partial charge is 0.310 e. The van der Waals surface area contributed by atoms with Gasteiger partial charge in [-0.3, -0.25) is 4.68 Å². The van der Waals surface area contributed by atoms with Gasteiger partial charge in [0.05, 0.1) is 5.69 Å². The van der Waals surface area contributed by atoms with Crippen LogP contribution >= 0.6 is 0 Å². The van der Waals surface area contributed by atoms with Crippen molar-refractivity contribution in [2.45, 2.75) is 45.2 Å². The third-order valence-electron chi connectivity index (χ3n) is 3.86. The molecule has 0 bridgehead atoms. The topological polar surface area (TPSA) is 29.9 Å². The summed E-state index contributed by atoms with van der Waals surface area (Å²) in [5.41, 5.74) is 5.22. The molecule has 3 rings (SSSR count). The molecule has 0 spiro atoms. The van der Waals surface area contributed by atoms with Crippen molar-refractivity contribution in [1.82, 2.24) is 15.1 Å². The van der Waals surface area contributed by atoms with Crippen LogP contribution in [0, 0.1) is 0 Å². The molecule has 1 heterocycles. The van der Waals surface area contributed by atoms with E-state index >= 15 is 0 Å². The van der Waals surface area contributed by atoms with Crippen molar-refractivity contribution >= 4 is 0 Å². The molecule has 1 N–H and O–H groups in total. The molecular weight excluding hydrogens is 246 g/mol. The SMILES string of the molecule is CCCc1nn(C)cc1-c1ccccc1CNC1CC1. The fourth-order valence-corrected chi connectivity index (χ4v) is 2.66. The first-order chi connectivity index (χ1) is 9.78. The predicted molar refractivity (Wildman–Crippen MR) is 82.5 cm³/mol. The maximum Gasteiger partial charge on any atom is 0.0702 e. The molecule has 0 amide bonds. The van der Waals surface area contributed by atoms with Gasteiger partial charge < -0.3 is 5.32 Å². The molecule has 0 radical (unpaired) electrons. The molecule has 1 aliphatic rings. The highest BCUT2D eigenvalue weighted by molar-refractivity contribution is 5.69. The van der Waals surface area contributed by atoms with Gasteiger partial charge in [0.25, 0.3) is 0 Å². The first-order valence-electron chi connectivity index (χ1n) is 7.62.